The first-order valence-corrected chi connectivity index (χ1v) is 8.34. The van der Waals surface area contributed by atoms with Crippen molar-refractivity contribution in [1.82, 2.24) is 4.72 Å². The van der Waals surface area contributed by atoms with Crippen LogP contribution in [0.25, 0.3) is 0 Å². The maximum absolute atomic E-state index is 12.0. The zero-order chi connectivity index (χ0) is 16.5. The summed E-state index contributed by atoms with van der Waals surface area (Å²) in [6.45, 7) is 7.50. The summed E-state index contributed by atoms with van der Waals surface area (Å²) in [5, 5.41) is 0. The van der Waals surface area contributed by atoms with Gasteiger partial charge in [-0.3, -0.25) is 4.79 Å². The van der Waals surface area contributed by atoms with Crippen molar-refractivity contribution >= 4 is 16.0 Å². The Bertz CT molecular complexity index is 526. The van der Waals surface area contributed by atoms with Crippen LogP contribution in [0.5, 0.6) is 0 Å². The molecular weight excluding hydrogens is 292 g/mol. The van der Waals surface area contributed by atoms with Crippen molar-refractivity contribution in [1.29, 1.82) is 0 Å². The predicted molar refractivity (Wildman–Crippen MR) is 82.3 cm³/mol. The number of carbonyl (C=O) groups excluding carboxylic acids is 1. The van der Waals surface area contributed by atoms with Gasteiger partial charge < -0.3 is 10.5 Å². The zero-order valence-corrected chi connectivity index (χ0v) is 13.7. The third-order valence-corrected chi connectivity index (χ3v) is 3.92. The third kappa shape index (κ3) is 6.24. The lowest BCUT2D eigenvalue weighted by Gasteiger charge is -2.15. The average Bonchev–Trinajstić information content (AvgIpc) is 2.47. The molecule has 0 fully saturated rings. The highest BCUT2D eigenvalue weighted by molar-refractivity contribution is 7.89. The summed E-state index contributed by atoms with van der Waals surface area (Å²) in [7, 11) is -3.78. The molecule has 3 N–H and O–H groups in total. The van der Waals surface area contributed by atoms with Crippen LogP contribution in [0.4, 0.5) is 0 Å². The summed E-state index contributed by atoms with van der Waals surface area (Å²) in [6.07, 6.45) is 0. The fourth-order valence-electron chi connectivity index (χ4n) is 1.41. The lowest BCUT2D eigenvalue weighted by atomic mass is 10.2. The lowest BCUT2D eigenvalue weighted by molar-refractivity contribution is -0.144. The van der Waals surface area contributed by atoms with E-state index in [-0.39, 0.29) is 18.0 Å². The van der Waals surface area contributed by atoms with E-state index in [9.17, 15) is 13.2 Å². The minimum Gasteiger partial charge on any atom is -0.465 e. The van der Waals surface area contributed by atoms with Gasteiger partial charge in [-0.05, 0) is 26.0 Å². The number of aryl methyl sites for hydroxylation is 1. The number of nitrogens with two attached hydrogens (primary N) is 1. The summed E-state index contributed by atoms with van der Waals surface area (Å²) in [5.74, 6) is -0.680. The highest BCUT2D eigenvalue weighted by Gasteiger charge is 2.25. The van der Waals surface area contributed by atoms with Crippen molar-refractivity contribution in [2.24, 2.45) is 5.73 Å². The first-order valence-electron chi connectivity index (χ1n) is 6.86. The summed E-state index contributed by atoms with van der Waals surface area (Å²) in [6, 6.07) is 5.21. The molecule has 1 atom stereocenters. The molecule has 0 bridgehead atoms. The molecule has 0 spiro atoms. The highest BCUT2D eigenvalue weighted by atomic mass is 32.2. The van der Waals surface area contributed by atoms with Gasteiger partial charge in [-0.2, -0.15) is 4.72 Å². The Hall–Kier alpha value is -1.44. The van der Waals surface area contributed by atoms with Crippen LogP contribution in [0.3, 0.4) is 0 Å². The molecule has 0 aliphatic heterocycles. The normalized spacial score (nSPS) is 12.0. The summed E-state index contributed by atoms with van der Waals surface area (Å²) in [5.41, 5.74) is 6.33. The fourth-order valence-corrected chi connectivity index (χ4v) is 2.61. The van der Waals surface area contributed by atoms with E-state index in [1.165, 1.54) is 12.1 Å². The molecule has 7 heteroatoms. The number of hydrogen-bond acceptors (Lipinski definition) is 5. The van der Waals surface area contributed by atoms with Crippen LogP contribution in [-0.2, 0) is 19.6 Å². The van der Waals surface area contributed by atoms with Gasteiger partial charge in [0.1, 0.15) is 6.04 Å². The van der Waals surface area contributed by atoms with Crippen molar-refractivity contribution in [3.63, 3.8) is 0 Å². The lowest BCUT2D eigenvalue weighted by Crippen LogP contribution is -2.46. The molecule has 1 aromatic carbocycles. The summed E-state index contributed by atoms with van der Waals surface area (Å²) in [4.78, 5) is 11.6. The van der Waals surface area contributed by atoms with E-state index in [1.54, 1.807) is 19.1 Å². The molecule has 0 radical (unpaired) electrons. The van der Waals surface area contributed by atoms with Crippen LogP contribution in [0.15, 0.2) is 29.2 Å². The Morgan fingerprint density at radius 2 is 1.81 bits per heavy atom. The van der Waals surface area contributed by atoms with Gasteiger partial charge in [0, 0.05) is 6.54 Å². The number of ether oxygens (including phenoxy) is 1. The number of carbonyl (C=O) groups is 1. The number of sulfonamides is 1. The number of benzene rings is 1. The maximum Gasteiger partial charge on any atom is 0.325 e. The first-order chi connectivity index (χ1) is 9.90. The summed E-state index contributed by atoms with van der Waals surface area (Å²) < 4.78 is 31.1. The van der Waals surface area contributed by atoms with Gasteiger partial charge in [-0.15, -0.1) is 0 Å². The van der Waals surface area contributed by atoms with Crippen LogP contribution in [-0.4, -0.2) is 33.6 Å². The molecule has 0 saturated carbocycles. The standard InChI is InChI=1S/C12H18N2O4S.C2H6/c1-3-18-12(15)11(8-13)14-19(16,17)10-6-4-9(2)5-7-10;1-2/h4-7,11,14H,3,8,13H2,1-2H3;1-2H3. The molecule has 1 aromatic rings. The van der Waals surface area contributed by atoms with Crippen molar-refractivity contribution in [3.05, 3.63) is 29.8 Å². The van der Waals surface area contributed by atoms with Crippen LogP contribution < -0.4 is 10.5 Å². The van der Waals surface area contributed by atoms with Crippen LogP contribution >= 0.6 is 0 Å². The molecule has 0 aliphatic rings. The molecule has 0 saturated heterocycles. The minimum absolute atomic E-state index is 0.0841. The monoisotopic (exact) mass is 316 g/mol. The van der Waals surface area contributed by atoms with Crippen molar-refractivity contribution in [3.8, 4) is 0 Å². The Balaban J connectivity index is 0.00000191. The van der Waals surface area contributed by atoms with Crippen molar-refractivity contribution in [2.45, 2.75) is 38.6 Å². The Morgan fingerprint density at radius 1 is 1.29 bits per heavy atom. The van der Waals surface area contributed by atoms with Gasteiger partial charge in [0.2, 0.25) is 10.0 Å². The molecule has 1 unspecified atom stereocenters. The molecule has 1 rings (SSSR count). The smallest absolute Gasteiger partial charge is 0.325 e. The van der Waals surface area contributed by atoms with Gasteiger partial charge >= 0.3 is 5.97 Å². The SMILES string of the molecule is CC.CCOC(=O)C(CN)NS(=O)(=O)c1ccc(C)cc1. The van der Waals surface area contributed by atoms with Crippen molar-refractivity contribution in [2.75, 3.05) is 13.2 Å². The number of nitrogens with one attached hydrogen (secondary N) is 1. The average molecular weight is 316 g/mol. The zero-order valence-electron chi connectivity index (χ0n) is 12.9. The quantitative estimate of drug-likeness (QED) is 0.768. The van der Waals surface area contributed by atoms with E-state index >= 15 is 0 Å². The molecule has 6 nitrogen and oxygen atoms in total. The Morgan fingerprint density at radius 3 is 2.24 bits per heavy atom. The van der Waals surface area contributed by atoms with Gasteiger partial charge in [0.05, 0.1) is 11.5 Å². The largest absolute Gasteiger partial charge is 0.465 e. The molecule has 120 valence electrons. The van der Waals surface area contributed by atoms with Crippen LogP contribution in [0, 0.1) is 6.92 Å². The Labute approximate surface area is 126 Å². The second-order valence-electron chi connectivity index (χ2n) is 3.97. The molecule has 0 aromatic heterocycles. The topological polar surface area (TPSA) is 98.5 Å². The first kappa shape index (κ1) is 19.6. The van der Waals surface area contributed by atoms with Gasteiger partial charge in [0.15, 0.2) is 0 Å². The second-order valence-corrected chi connectivity index (χ2v) is 5.69. The van der Waals surface area contributed by atoms with E-state index in [4.69, 9.17) is 10.5 Å². The van der Waals surface area contributed by atoms with Crippen molar-refractivity contribution < 1.29 is 17.9 Å². The Kier molecular flexibility index (Phi) is 8.84. The number of rotatable bonds is 6. The van der Waals surface area contributed by atoms with E-state index in [2.05, 4.69) is 4.72 Å². The maximum atomic E-state index is 12.0. The van der Waals surface area contributed by atoms with Gasteiger partial charge in [-0.25, -0.2) is 8.42 Å². The number of hydrogen-bond donors (Lipinski definition) is 2. The predicted octanol–water partition coefficient (Wildman–Crippen LogP) is 1.19. The fraction of sp³-hybridized carbons (Fsp3) is 0.500. The summed E-state index contributed by atoms with van der Waals surface area (Å²) >= 11 is 0. The van der Waals surface area contributed by atoms with E-state index in [1.807, 2.05) is 20.8 Å². The number of esters is 1. The van der Waals surface area contributed by atoms with E-state index in [0.29, 0.717) is 0 Å². The minimum atomic E-state index is -3.78. The second kappa shape index (κ2) is 9.49. The van der Waals surface area contributed by atoms with E-state index < -0.39 is 22.0 Å². The molecule has 0 amide bonds. The molecule has 0 aliphatic carbocycles. The molecular formula is C14H24N2O4S. The third-order valence-electron chi connectivity index (χ3n) is 2.44. The van der Waals surface area contributed by atoms with Gasteiger partial charge in [0.25, 0.3) is 0 Å². The van der Waals surface area contributed by atoms with E-state index in [0.717, 1.165) is 5.56 Å². The van der Waals surface area contributed by atoms with Crippen LogP contribution in [0.2, 0.25) is 0 Å². The molecule has 0 heterocycles. The van der Waals surface area contributed by atoms with Crippen LogP contribution in [0.1, 0.15) is 26.3 Å². The molecule has 21 heavy (non-hydrogen) atoms. The van der Waals surface area contributed by atoms with Gasteiger partial charge in [-0.1, -0.05) is 31.5 Å². The highest BCUT2D eigenvalue weighted by Crippen LogP contribution is 2.10.